The van der Waals surface area contributed by atoms with E-state index in [1.54, 1.807) is 19.2 Å². The molecule has 1 amide bonds. The van der Waals surface area contributed by atoms with Gasteiger partial charge in [-0.15, -0.1) is 0 Å². The molecule has 1 rings (SSSR count). The summed E-state index contributed by atoms with van der Waals surface area (Å²) < 4.78 is 14.1. The van der Waals surface area contributed by atoms with E-state index in [4.69, 9.17) is 5.11 Å². The SMILES string of the molecule is CN(CCO)C(=O)CCc1ccc(Br)cc1F. The summed E-state index contributed by atoms with van der Waals surface area (Å²) in [6.45, 7) is 0.247. The van der Waals surface area contributed by atoms with Crippen LogP contribution in [0.2, 0.25) is 0 Å². The number of benzene rings is 1. The van der Waals surface area contributed by atoms with Crippen LogP contribution >= 0.6 is 15.9 Å². The van der Waals surface area contributed by atoms with E-state index in [1.165, 1.54) is 11.0 Å². The highest BCUT2D eigenvalue weighted by atomic mass is 79.9. The molecule has 1 aromatic carbocycles. The Morgan fingerprint density at radius 1 is 1.53 bits per heavy atom. The van der Waals surface area contributed by atoms with Gasteiger partial charge in [-0.05, 0) is 24.1 Å². The molecule has 0 saturated carbocycles. The Hall–Kier alpha value is -0.940. The molecular weight excluding hydrogens is 289 g/mol. The van der Waals surface area contributed by atoms with Crippen LogP contribution in [-0.4, -0.2) is 36.1 Å². The van der Waals surface area contributed by atoms with E-state index in [-0.39, 0.29) is 24.8 Å². The minimum atomic E-state index is -0.308. The number of carbonyl (C=O) groups excluding carboxylic acids is 1. The lowest BCUT2D eigenvalue weighted by Gasteiger charge is -2.15. The fourth-order valence-corrected chi connectivity index (χ4v) is 1.76. The van der Waals surface area contributed by atoms with Crippen molar-refractivity contribution in [3.05, 3.63) is 34.1 Å². The molecule has 0 aliphatic carbocycles. The molecule has 0 spiro atoms. The van der Waals surface area contributed by atoms with Gasteiger partial charge in [0.25, 0.3) is 0 Å². The van der Waals surface area contributed by atoms with E-state index in [0.29, 0.717) is 23.0 Å². The van der Waals surface area contributed by atoms with Gasteiger partial charge in [-0.1, -0.05) is 22.0 Å². The highest BCUT2D eigenvalue weighted by Gasteiger charge is 2.10. The molecule has 3 nitrogen and oxygen atoms in total. The lowest BCUT2D eigenvalue weighted by molar-refractivity contribution is -0.130. The Morgan fingerprint density at radius 2 is 2.24 bits per heavy atom. The molecule has 17 heavy (non-hydrogen) atoms. The zero-order valence-corrected chi connectivity index (χ0v) is 11.2. The van der Waals surface area contributed by atoms with Crippen LogP contribution < -0.4 is 0 Å². The van der Waals surface area contributed by atoms with Crippen molar-refractivity contribution in [1.29, 1.82) is 0 Å². The van der Waals surface area contributed by atoms with E-state index < -0.39 is 0 Å². The second-order valence-electron chi connectivity index (χ2n) is 3.77. The molecular formula is C12H15BrFNO2. The summed E-state index contributed by atoms with van der Waals surface area (Å²) in [5.74, 6) is -0.404. The zero-order chi connectivity index (χ0) is 12.8. The molecule has 94 valence electrons. The van der Waals surface area contributed by atoms with Crippen LogP contribution in [0.1, 0.15) is 12.0 Å². The summed E-state index contributed by atoms with van der Waals surface area (Å²) in [5, 5.41) is 8.69. The number of nitrogens with zero attached hydrogens (tertiary/aromatic N) is 1. The molecule has 0 heterocycles. The predicted octanol–water partition coefficient (Wildman–Crippen LogP) is 1.97. The Morgan fingerprint density at radius 3 is 2.82 bits per heavy atom. The Kier molecular flexibility index (Phi) is 5.58. The molecule has 0 aliphatic rings. The average Bonchev–Trinajstić information content (AvgIpc) is 2.27. The largest absolute Gasteiger partial charge is 0.395 e. The van der Waals surface area contributed by atoms with E-state index in [9.17, 15) is 9.18 Å². The van der Waals surface area contributed by atoms with E-state index in [2.05, 4.69) is 15.9 Å². The molecule has 0 saturated heterocycles. The first-order valence-corrected chi connectivity index (χ1v) is 6.12. The number of halogens is 2. The van der Waals surface area contributed by atoms with Crippen molar-refractivity contribution in [2.24, 2.45) is 0 Å². The third kappa shape index (κ3) is 4.44. The van der Waals surface area contributed by atoms with Crippen LogP contribution in [0.3, 0.4) is 0 Å². The van der Waals surface area contributed by atoms with Gasteiger partial charge in [0.2, 0.25) is 5.91 Å². The van der Waals surface area contributed by atoms with Gasteiger partial charge in [0.15, 0.2) is 0 Å². The fraction of sp³-hybridized carbons (Fsp3) is 0.417. The lowest BCUT2D eigenvalue weighted by Crippen LogP contribution is -2.29. The highest BCUT2D eigenvalue weighted by molar-refractivity contribution is 9.10. The van der Waals surface area contributed by atoms with Crippen molar-refractivity contribution in [1.82, 2.24) is 4.90 Å². The average molecular weight is 304 g/mol. The Balaban J connectivity index is 2.53. The number of aryl methyl sites for hydroxylation is 1. The van der Waals surface area contributed by atoms with Gasteiger partial charge in [-0.25, -0.2) is 4.39 Å². The van der Waals surface area contributed by atoms with Gasteiger partial charge in [0, 0.05) is 24.5 Å². The number of rotatable bonds is 5. The lowest BCUT2D eigenvalue weighted by atomic mass is 10.1. The van der Waals surface area contributed by atoms with Crippen LogP contribution in [0.25, 0.3) is 0 Å². The van der Waals surface area contributed by atoms with Crippen LogP contribution in [0.4, 0.5) is 4.39 Å². The molecule has 0 atom stereocenters. The smallest absolute Gasteiger partial charge is 0.222 e. The Bertz CT molecular complexity index is 398. The number of hydrogen-bond acceptors (Lipinski definition) is 2. The van der Waals surface area contributed by atoms with Crippen LogP contribution in [0.15, 0.2) is 22.7 Å². The van der Waals surface area contributed by atoms with Crippen molar-refractivity contribution in [3.63, 3.8) is 0 Å². The van der Waals surface area contributed by atoms with Gasteiger partial charge >= 0.3 is 0 Å². The molecule has 0 bridgehead atoms. The monoisotopic (exact) mass is 303 g/mol. The van der Waals surface area contributed by atoms with Crippen molar-refractivity contribution in [3.8, 4) is 0 Å². The van der Waals surface area contributed by atoms with E-state index in [0.717, 1.165) is 0 Å². The first kappa shape index (κ1) is 14.1. The summed E-state index contributed by atoms with van der Waals surface area (Å²) >= 11 is 3.18. The maximum absolute atomic E-state index is 13.5. The number of carbonyl (C=O) groups is 1. The zero-order valence-electron chi connectivity index (χ0n) is 9.62. The van der Waals surface area contributed by atoms with Crippen LogP contribution in [-0.2, 0) is 11.2 Å². The van der Waals surface area contributed by atoms with Crippen LogP contribution in [0, 0.1) is 5.82 Å². The maximum atomic E-state index is 13.5. The van der Waals surface area contributed by atoms with E-state index >= 15 is 0 Å². The minimum Gasteiger partial charge on any atom is -0.395 e. The van der Waals surface area contributed by atoms with Gasteiger partial charge in [-0.2, -0.15) is 0 Å². The molecule has 1 aromatic rings. The summed E-state index contributed by atoms with van der Waals surface area (Å²) in [7, 11) is 1.62. The van der Waals surface area contributed by atoms with E-state index in [1.807, 2.05) is 0 Å². The van der Waals surface area contributed by atoms with Crippen molar-refractivity contribution >= 4 is 21.8 Å². The van der Waals surface area contributed by atoms with Gasteiger partial charge in [0.05, 0.1) is 6.61 Å². The van der Waals surface area contributed by atoms with Gasteiger partial charge < -0.3 is 10.0 Å². The molecule has 0 fully saturated rings. The first-order valence-electron chi connectivity index (χ1n) is 5.33. The fourth-order valence-electron chi connectivity index (χ4n) is 1.43. The number of hydrogen-bond donors (Lipinski definition) is 1. The molecule has 0 unspecified atom stereocenters. The molecule has 0 aromatic heterocycles. The molecule has 5 heteroatoms. The predicted molar refractivity (Wildman–Crippen MR) is 67.1 cm³/mol. The molecule has 0 aliphatic heterocycles. The standard InChI is InChI=1S/C12H15BrFNO2/c1-15(6-7-16)12(17)5-3-9-2-4-10(13)8-11(9)14/h2,4,8,16H,3,5-7H2,1H3. The minimum absolute atomic E-state index is 0.0606. The molecule has 1 N–H and O–H groups in total. The summed E-state index contributed by atoms with van der Waals surface area (Å²) in [5.41, 5.74) is 0.527. The van der Waals surface area contributed by atoms with Crippen molar-refractivity contribution in [2.45, 2.75) is 12.8 Å². The number of amides is 1. The van der Waals surface area contributed by atoms with Crippen molar-refractivity contribution < 1.29 is 14.3 Å². The number of likely N-dealkylation sites (N-methyl/N-ethyl adjacent to an activating group) is 1. The second-order valence-corrected chi connectivity index (χ2v) is 4.69. The van der Waals surface area contributed by atoms with Gasteiger partial charge in [-0.3, -0.25) is 4.79 Å². The number of aliphatic hydroxyl groups excluding tert-OH is 1. The normalized spacial score (nSPS) is 10.4. The third-order valence-electron chi connectivity index (χ3n) is 2.48. The summed E-state index contributed by atoms with van der Waals surface area (Å²) in [6.07, 6.45) is 0.614. The van der Waals surface area contributed by atoms with Gasteiger partial charge in [0.1, 0.15) is 5.82 Å². The summed E-state index contributed by atoms with van der Waals surface area (Å²) in [4.78, 5) is 13.0. The second kappa shape index (κ2) is 6.71. The highest BCUT2D eigenvalue weighted by Crippen LogP contribution is 2.16. The topological polar surface area (TPSA) is 40.5 Å². The first-order chi connectivity index (χ1) is 8.04. The number of aliphatic hydroxyl groups is 1. The Labute approximate surface area is 108 Å². The van der Waals surface area contributed by atoms with Crippen molar-refractivity contribution in [2.75, 3.05) is 20.2 Å². The molecule has 0 radical (unpaired) electrons. The summed E-state index contributed by atoms with van der Waals surface area (Å²) in [6, 6.07) is 4.80. The quantitative estimate of drug-likeness (QED) is 0.903. The maximum Gasteiger partial charge on any atom is 0.222 e. The third-order valence-corrected chi connectivity index (χ3v) is 2.98. The van der Waals surface area contributed by atoms with Crippen LogP contribution in [0.5, 0.6) is 0 Å².